The Morgan fingerprint density at radius 1 is 1.16 bits per heavy atom. The van der Waals surface area contributed by atoms with Gasteiger partial charge in [-0.25, -0.2) is 0 Å². The van der Waals surface area contributed by atoms with Crippen LogP contribution in [0.3, 0.4) is 0 Å². The number of benzene rings is 2. The van der Waals surface area contributed by atoms with Crippen LogP contribution in [0.1, 0.15) is 31.4 Å². The number of hydrogen-bond donors (Lipinski definition) is 2. The predicted molar refractivity (Wildman–Crippen MR) is 147 cm³/mol. The van der Waals surface area contributed by atoms with Crippen LogP contribution < -0.4 is 14.8 Å². The summed E-state index contributed by atoms with van der Waals surface area (Å²) in [7, 11) is -1.82. The molecule has 1 aliphatic rings. The summed E-state index contributed by atoms with van der Waals surface area (Å²) in [5.74, 6) is 9.70. The van der Waals surface area contributed by atoms with E-state index < -0.39 is 15.5 Å². The number of rotatable bonds is 10. The number of ether oxygens (including phenoxy) is 1. The van der Waals surface area contributed by atoms with Crippen molar-refractivity contribution in [3.63, 3.8) is 0 Å². The van der Waals surface area contributed by atoms with Gasteiger partial charge in [0, 0.05) is 42.4 Å². The minimum Gasteiger partial charge on any atom is -0.447 e. The van der Waals surface area contributed by atoms with Crippen molar-refractivity contribution in [3.8, 4) is 12.3 Å². The first-order valence-corrected chi connectivity index (χ1v) is 13.3. The summed E-state index contributed by atoms with van der Waals surface area (Å²) in [5.41, 5.74) is 2.92. The van der Waals surface area contributed by atoms with Gasteiger partial charge in [-0.3, -0.25) is 9.71 Å². The Bertz CT molecular complexity index is 1320. The molecule has 1 aliphatic heterocycles. The van der Waals surface area contributed by atoms with Crippen molar-refractivity contribution in [2.45, 2.75) is 38.2 Å². The fourth-order valence-electron chi connectivity index (χ4n) is 3.53. The molecule has 0 bridgehead atoms. The Morgan fingerprint density at radius 3 is 2.43 bits per heavy atom. The van der Waals surface area contributed by atoms with E-state index in [1.165, 1.54) is 17.1 Å². The zero-order chi connectivity index (χ0) is 26.3. The van der Waals surface area contributed by atoms with Crippen molar-refractivity contribution >= 4 is 26.8 Å². The zero-order valence-electron chi connectivity index (χ0n) is 21.0. The summed E-state index contributed by atoms with van der Waals surface area (Å²) in [5, 5.41) is 4.88. The number of aryl methyl sites for hydroxylation is 1. The molecule has 6 nitrogen and oxygen atoms in total. The first-order valence-electron chi connectivity index (χ1n) is 11.3. The SMILES string of the molecule is C#[N+]N1C(=[C-]C)N=C(c2ccccc2C)C=C1NCCCNS(=C)(=C)c1ccc(OC(C)(F)F)cc1.[Es]. The third-order valence-corrected chi connectivity index (χ3v) is 7.23. The zero-order valence-corrected chi connectivity index (χ0v) is 24.4. The van der Waals surface area contributed by atoms with Gasteiger partial charge in [-0.05, 0) is 48.2 Å². The molecule has 201 valence electrons. The van der Waals surface area contributed by atoms with E-state index in [-0.39, 0.29) is 5.75 Å². The molecule has 10 heteroatoms. The summed E-state index contributed by atoms with van der Waals surface area (Å²) in [4.78, 5) is 9.33. The van der Waals surface area contributed by atoms with Gasteiger partial charge < -0.3 is 16.1 Å². The van der Waals surface area contributed by atoms with Gasteiger partial charge in [0.2, 0.25) is 0 Å². The van der Waals surface area contributed by atoms with Crippen LogP contribution in [0.25, 0.3) is 4.95 Å². The molecule has 2 N–H and O–H groups in total. The fourth-order valence-corrected chi connectivity index (χ4v) is 4.89. The van der Waals surface area contributed by atoms with Crippen molar-refractivity contribution in [2.24, 2.45) is 4.99 Å². The number of allylic oxidation sites excluding steroid dienone is 2. The summed E-state index contributed by atoms with van der Waals surface area (Å²) >= 11 is 0. The van der Waals surface area contributed by atoms with Crippen LogP contribution >= 0.6 is 9.39 Å². The van der Waals surface area contributed by atoms with Crippen molar-refractivity contribution in [3.05, 3.63) is 88.4 Å². The maximum absolute atomic E-state index is 13.0. The molecule has 1 radical (unpaired) electrons. The Balaban J connectivity index is 0.00000481. The molecule has 2 aromatic carbocycles. The van der Waals surface area contributed by atoms with Crippen LogP contribution in [0.2, 0.25) is 0 Å². The molecule has 0 unspecified atom stereocenters. The van der Waals surface area contributed by atoms with E-state index in [1.807, 2.05) is 37.3 Å². The van der Waals surface area contributed by atoms with Gasteiger partial charge in [-0.2, -0.15) is 15.7 Å². The van der Waals surface area contributed by atoms with Gasteiger partial charge in [0.05, 0.1) is 10.7 Å². The van der Waals surface area contributed by atoms with Gasteiger partial charge in [0.25, 0.3) is 0 Å². The number of nitrogens with zero attached hydrogens (tertiary/aromatic N) is 3. The Kier molecular flexibility index (Phi) is 9.19. The van der Waals surface area contributed by atoms with Gasteiger partial charge >= 0.3 is 12.7 Å². The number of halogens is 2. The van der Waals surface area contributed by atoms with Gasteiger partial charge in [0.1, 0.15) is 5.75 Å². The van der Waals surface area contributed by atoms with Crippen molar-refractivity contribution in [2.75, 3.05) is 13.1 Å². The topological polar surface area (TPSA) is 53.2 Å². The molecule has 1 heterocycles. The van der Waals surface area contributed by atoms with Crippen LogP contribution in [0.4, 0.5) is 8.78 Å². The van der Waals surface area contributed by atoms with E-state index in [9.17, 15) is 8.78 Å². The minimum absolute atomic E-state index is 0. The Morgan fingerprint density at radius 2 is 1.84 bits per heavy atom. The number of alkyl halides is 2. The van der Waals surface area contributed by atoms with Crippen LogP contribution in [-0.4, -0.2) is 41.7 Å². The maximum atomic E-state index is 13.0. The largest absolute Gasteiger partial charge is 0.447 e. The Hall–Kier alpha value is -4.61. The minimum atomic E-state index is -3.23. The van der Waals surface area contributed by atoms with Crippen LogP contribution in [0.15, 0.2) is 76.1 Å². The van der Waals surface area contributed by atoms with E-state index in [0.717, 1.165) is 28.2 Å². The second-order valence-electron chi connectivity index (χ2n) is 8.28. The quantitative estimate of drug-likeness (QED) is 0.186. The van der Waals surface area contributed by atoms with E-state index in [2.05, 4.69) is 42.5 Å². The molecule has 3 rings (SSSR count). The molecule has 0 saturated carbocycles. The second kappa shape index (κ2) is 11.9. The summed E-state index contributed by atoms with van der Waals surface area (Å²) in [6.07, 6.45) is 2.47. The van der Waals surface area contributed by atoms with Crippen molar-refractivity contribution in [1.82, 2.24) is 15.0 Å². The van der Waals surface area contributed by atoms with E-state index >= 15 is 0 Å². The van der Waals surface area contributed by atoms with E-state index in [1.54, 1.807) is 19.1 Å². The molecule has 0 saturated heterocycles. The standard InChI is InChI=1S/C27H31F2N5OS.Es/c1-7-25-33-24(23-12-9-8-11-20(23)2)19-26(34(25)30-4)31-17-10-18-32-36(5,6)22-15-13-21(14-16-22)35-27(3,28)29;/h4,8-9,11-16,19,31-32H,5-6,10,17-18H2,1-3H3;. The third kappa shape index (κ3) is 7.43. The first-order chi connectivity index (χ1) is 17.0. The average molecular weight is 764 g/mol. The molecule has 0 aromatic heterocycles. The third-order valence-electron chi connectivity index (χ3n) is 5.30. The average Bonchev–Trinajstić information content (AvgIpc) is 2.82. The molecule has 0 spiro atoms. The normalized spacial score (nSPS) is 14.8. The monoisotopic (exact) mass is 763 g/mol. The van der Waals surface area contributed by atoms with Crippen molar-refractivity contribution < 1.29 is 13.5 Å². The second-order valence-corrected chi connectivity index (χ2v) is 10.8. The molecule has 0 fully saturated rings. The van der Waals surface area contributed by atoms with Gasteiger partial charge in [0.15, 0.2) is 5.82 Å². The molecular formula is C27H31EsF2N5OS. The smallest absolute Gasteiger partial charge is 0.394 e. The number of aliphatic imine (C=N–C) groups is 1. The molecule has 0 amide bonds. The number of hydrogen-bond acceptors (Lipinski definition) is 5. The molecule has 0 atom stereocenters. The summed E-state index contributed by atoms with van der Waals surface area (Å²) < 4.78 is 34.0. The molecule has 37 heavy (non-hydrogen) atoms. The van der Waals surface area contributed by atoms with E-state index in [0.29, 0.717) is 31.7 Å². The number of nitrogens with one attached hydrogen (secondary N) is 2. The summed E-state index contributed by atoms with van der Waals surface area (Å²) in [6, 6.07) is 14.4. The van der Waals surface area contributed by atoms with Gasteiger partial charge in [-0.1, -0.05) is 36.0 Å². The predicted octanol–water partition coefficient (Wildman–Crippen LogP) is 5.69. The Labute approximate surface area is 212 Å². The van der Waals surface area contributed by atoms with Crippen LogP contribution in [-0.2, 0) is 0 Å². The van der Waals surface area contributed by atoms with Crippen LogP contribution in [0, 0.1) is 19.6 Å². The molecule has 2 aromatic rings. The van der Waals surface area contributed by atoms with Crippen molar-refractivity contribution in [1.29, 1.82) is 0 Å². The van der Waals surface area contributed by atoms with Crippen LogP contribution in [0.5, 0.6) is 5.75 Å². The van der Waals surface area contributed by atoms with E-state index in [4.69, 9.17) is 6.57 Å². The molecular weight excluding hydrogens is 732 g/mol. The maximum Gasteiger partial charge on any atom is 0.394 e. The fraction of sp³-hybridized carbons (Fsp3) is 0.259. The molecule has 0 aliphatic carbocycles. The van der Waals surface area contributed by atoms with Gasteiger partial charge in [-0.15, -0.1) is 9.39 Å². The summed E-state index contributed by atoms with van der Waals surface area (Å²) in [6.45, 7) is 11.4. The first kappa shape index (κ1) is 28.6.